The average molecular weight is 368 g/mol. The van der Waals surface area contributed by atoms with Crippen LogP contribution in [-0.4, -0.2) is 23.7 Å². The lowest BCUT2D eigenvalue weighted by atomic mass is 10.2. The molecule has 0 saturated carbocycles. The Morgan fingerprint density at radius 3 is 2.58 bits per heavy atom. The highest BCUT2D eigenvalue weighted by molar-refractivity contribution is 6.36. The lowest BCUT2D eigenvalue weighted by molar-refractivity contribution is -0.384. The first-order valence-electron chi connectivity index (χ1n) is 6.60. The molecule has 0 unspecified atom stereocenters. The van der Waals surface area contributed by atoms with Crippen molar-refractivity contribution in [3.63, 3.8) is 0 Å². The predicted octanol–water partition coefficient (Wildman–Crippen LogP) is 3.43. The molecule has 24 heavy (non-hydrogen) atoms. The number of hydrogen-bond acceptors (Lipinski definition) is 5. The summed E-state index contributed by atoms with van der Waals surface area (Å²) in [7, 11) is 0. The standard InChI is InChI=1S/C15H11Cl2N3O4/c16-11-2-1-10(14(17)7-11)8-18-19-15(21)9-24-13-5-3-12(4-6-13)20(22)23/h1-8H,9H2,(H,19,21). The molecule has 2 aromatic rings. The smallest absolute Gasteiger partial charge is 0.277 e. The number of halogens is 2. The van der Waals surface area contributed by atoms with E-state index in [2.05, 4.69) is 10.5 Å². The van der Waals surface area contributed by atoms with Crippen LogP contribution in [-0.2, 0) is 4.79 Å². The van der Waals surface area contributed by atoms with Gasteiger partial charge in [-0.3, -0.25) is 14.9 Å². The maximum absolute atomic E-state index is 11.6. The minimum absolute atomic E-state index is 0.0590. The summed E-state index contributed by atoms with van der Waals surface area (Å²) < 4.78 is 5.19. The Morgan fingerprint density at radius 1 is 1.25 bits per heavy atom. The first-order chi connectivity index (χ1) is 11.5. The van der Waals surface area contributed by atoms with E-state index >= 15 is 0 Å². The van der Waals surface area contributed by atoms with Gasteiger partial charge in [-0.2, -0.15) is 5.10 Å². The fourth-order valence-electron chi connectivity index (χ4n) is 1.63. The van der Waals surface area contributed by atoms with Gasteiger partial charge in [0.15, 0.2) is 6.61 Å². The third-order valence-electron chi connectivity index (χ3n) is 2.77. The summed E-state index contributed by atoms with van der Waals surface area (Å²) >= 11 is 11.7. The largest absolute Gasteiger partial charge is 0.484 e. The van der Waals surface area contributed by atoms with E-state index < -0.39 is 10.8 Å². The number of amides is 1. The van der Waals surface area contributed by atoms with E-state index in [0.29, 0.717) is 21.4 Å². The molecule has 0 aliphatic heterocycles. The quantitative estimate of drug-likeness (QED) is 0.480. The Kier molecular flexibility index (Phi) is 6.11. The van der Waals surface area contributed by atoms with Crippen LogP contribution in [0.5, 0.6) is 5.75 Å². The average Bonchev–Trinajstić information content (AvgIpc) is 2.55. The normalized spacial score (nSPS) is 10.6. The van der Waals surface area contributed by atoms with Crippen LogP contribution >= 0.6 is 23.2 Å². The molecule has 2 rings (SSSR count). The Balaban J connectivity index is 1.82. The molecular weight excluding hydrogens is 357 g/mol. The Morgan fingerprint density at radius 2 is 1.96 bits per heavy atom. The van der Waals surface area contributed by atoms with E-state index in [4.69, 9.17) is 27.9 Å². The molecule has 0 saturated heterocycles. The number of carbonyl (C=O) groups excluding carboxylic acids is 1. The third-order valence-corrected chi connectivity index (χ3v) is 3.34. The zero-order chi connectivity index (χ0) is 17.5. The van der Waals surface area contributed by atoms with Gasteiger partial charge < -0.3 is 4.74 Å². The summed E-state index contributed by atoms with van der Waals surface area (Å²) in [6.07, 6.45) is 1.38. The second-order valence-corrected chi connectivity index (χ2v) is 5.34. The van der Waals surface area contributed by atoms with Crippen LogP contribution in [0.2, 0.25) is 10.0 Å². The number of nitrogens with one attached hydrogen (secondary N) is 1. The Labute approximate surface area is 147 Å². The van der Waals surface area contributed by atoms with Crippen LogP contribution in [0, 0.1) is 10.1 Å². The first kappa shape index (κ1) is 17.7. The van der Waals surface area contributed by atoms with Gasteiger partial charge in [0.25, 0.3) is 11.6 Å². The van der Waals surface area contributed by atoms with Gasteiger partial charge in [0, 0.05) is 22.7 Å². The minimum atomic E-state index is -0.521. The van der Waals surface area contributed by atoms with Crippen molar-refractivity contribution in [1.82, 2.24) is 5.43 Å². The van der Waals surface area contributed by atoms with E-state index in [1.54, 1.807) is 18.2 Å². The van der Waals surface area contributed by atoms with E-state index in [1.807, 2.05) is 0 Å². The number of benzene rings is 2. The van der Waals surface area contributed by atoms with E-state index in [9.17, 15) is 14.9 Å². The zero-order valence-electron chi connectivity index (χ0n) is 12.1. The van der Waals surface area contributed by atoms with Crippen LogP contribution in [0.3, 0.4) is 0 Å². The van der Waals surface area contributed by atoms with Crippen molar-refractivity contribution in [2.75, 3.05) is 6.61 Å². The number of nitro groups is 1. The number of nitro benzene ring substituents is 1. The highest BCUT2D eigenvalue weighted by Gasteiger charge is 2.06. The van der Waals surface area contributed by atoms with Crippen LogP contribution < -0.4 is 10.2 Å². The van der Waals surface area contributed by atoms with Crippen LogP contribution in [0.4, 0.5) is 5.69 Å². The molecular formula is C15H11Cl2N3O4. The lowest BCUT2D eigenvalue weighted by Crippen LogP contribution is -2.24. The van der Waals surface area contributed by atoms with Gasteiger partial charge in [-0.25, -0.2) is 5.43 Å². The Hall–Kier alpha value is -2.64. The van der Waals surface area contributed by atoms with Crippen molar-refractivity contribution >= 4 is 41.0 Å². The van der Waals surface area contributed by atoms with Gasteiger partial charge in [-0.05, 0) is 24.3 Å². The van der Waals surface area contributed by atoms with E-state index in [1.165, 1.54) is 30.5 Å². The predicted molar refractivity (Wildman–Crippen MR) is 90.8 cm³/mol. The molecule has 0 aromatic heterocycles. The molecule has 0 radical (unpaired) electrons. The van der Waals surface area contributed by atoms with E-state index in [-0.39, 0.29) is 12.3 Å². The molecule has 0 fully saturated rings. The summed E-state index contributed by atoms with van der Waals surface area (Å²) in [5, 5.41) is 15.2. The molecule has 0 bridgehead atoms. The number of carbonyl (C=O) groups is 1. The third kappa shape index (κ3) is 5.22. The summed E-state index contributed by atoms with van der Waals surface area (Å²) in [5.74, 6) is -0.157. The van der Waals surface area contributed by atoms with Gasteiger partial charge in [0.2, 0.25) is 0 Å². The number of ether oxygens (including phenoxy) is 1. The molecule has 0 aliphatic rings. The Bertz CT molecular complexity index is 779. The molecule has 0 heterocycles. The molecule has 1 N–H and O–H groups in total. The van der Waals surface area contributed by atoms with Gasteiger partial charge in [0.05, 0.1) is 16.2 Å². The van der Waals surface area contributed by atoms with Gasteiger partial charge >= 0.3 is 0 Å². The van der Waals surface area contributed by atoms with Crippen LogP contribution in [0.15, 0.2) is 47.6 Å². The molecule has 0 atom stereocenters. The molecule has 9 heteroatoms. The summed E-state index contributed by atoms with van der Waals surface area (Å²) in [4.78, 5) is 21.6. The fraction of sp³-hybridized carbons (Fsp3) is 0.0667. The fourth-order valence-corrected chi connectivity index (χ4v) is 2.08. The van der Waals surface area contributed by atoms with Crippen LogP contribution in [0.25, 0.3) is 0 Å². The maximum atomic E-state index is 11.6. The number of nitrogens with zero attached hydrogens (tertiary/aromatic N) is 2. The minimum Gasteiger partial charge on any atom is -0.484 e. The first-order valence-corrected chi connectivity index (χ1v) is 7.35. The number of hydrazone groups is 1. The van der Waals surface area contributed by atoms with E-state index in [0.717, 1.165) is 0 Å². The topological polar surface area (TPSA) is 93.8 Å². The summed E-state index contributed by atoms with van der Waals surface area (Å²) in [6, 6.07) is 10.2. The molecule has 0 aliphatic carbocycles. The molecule has 2 aromatic carbocycles. The van der Waals surface area contributed by atoms with Crippen LogP contribution in [0.1, 0.15) is 5.56 Å². The van der Waals surface area contributed by atoms with Crippen molar-refractivity contribution in [3.8, 4) is 5.75 Å². The molecule has 124 valence electrons. The number of hydrogen-bond donors (Lipinski definition) is 1. The second-order valence-electron chi connectivity index (χ2n) is 4.50. The van der Waals surface area contributed by atoms with Crippen molar-refractivity contribution in [1.29, 1.82) is 0 Å². The SMILES string of the molecule is O=C(COc1ccc([N+](=O)[O-])cc1)NN=Cc1ccc(Cl)cc1Cl. The van der Waals surface area contributed by atoms with Crippen molar-refractivity contribution in [2.24, 2.45) is 5.10 Å². The van der Waals surface area contributed by atoms with Gasteiger partial charge in [0.1, 0.15) is 5.75 Å². The monoisotopic (exact) mass is 367 g/mol. The second kappa shape index (κ2) is 8.28. The molecule has 0 spiro atoms. The van der Waals surface area contributed by atoms with Gasteiger partial charge in [-0.15, -0.1) is 0 Å². The van der Waals surface area contributed by atoms with Crippen molar-refractivity contribution in [3.05, 3.63) is 68.2 Å². The molecule has 1 amide bonds. The number of rotatable bonds is 6. The van der Waals surface area contributed by atoms with Gasteiger partial charge in [-0.1, -0.05) is 29.3 Å². The summed E-state index contributed by atoms with van der Waals surface area (Å²) in [5.41, 5.74) is 2.81. The zero-order valence-corrected chi connectivity index (χ0v) is 13.6. The highest BCUT2D eigenvalue weighted by atomic mass is 35.5. The van der Waals surface area contributed by atoms with Crippen molar-refractivity contribution in [2.45, 2.75) is 0 Å². The maximum Gasteiger partial charge on any atom is 0.277 e. The van der Waals surface area contributed by atoms with Crippen molar-refractivity contribution < 1.29 is 14.5 Å². The highest BCUT2D eigenvalue weighted by Crippen LogP contribution is 2.19. The summed E-state index contributed by atoms with van der Waals surface area (Å²) in [6.45, 7) is -0.288. The molecule has 7 nitrogen and oxygen atoms in total. The number of non-ortho nitro benzene ring substituents is 1. The lowest BCUT2D eigenvalue weighted by Gasteiger charge is -2.04.